The van der Waals surface area contributed by atoms with Crippen LogP contribution in [0.2, 0.25) is 0 Å². The first-order valence-corrected chi connectivity index (χ1v) is 7.59. The van der Waals surface area contributed by atoms with Crippen LogP contribution in [0.4, 0.5) is 0 Å². The van der Waals surface area contributed by atoms with E-state index in [0.717, 1.165) is 19.2 Å². The minimum atomic E-state index is 0.322. The fraction of sp³-hybridized carbons (Fsp3) is 0.667. The van der Waals surface area contributed by atoms with Crippen LogP contribution in [0, 0.1) is 5.92 Å². The van der Waals surface area contributed by atoms with E-state index in [1.165, 1.54) is 28.6 Å². The predicted molar refractivity (Wildman–Crippen MR) is 69.8 cm³/mol. The standard InChI is InChI=1S/C12H16BrNOS/c13-9-5-11(16-7-9)12-8(3-4-15-12)6-14-10-1-2-10/h5,7-8,10,12,14H,1-4,6H2. The van der Waals surface area contributed by atoms with Crippen LogP contribution in [-0.4, -0.2) is 19.2 Å². The average Bonchev–Trinajstić information content (AvgIpc) is 2.82. The van der Waals surface area contributed by atoms with Gasteiger partial charge in [-0.1, -0.05) is 0 Å². The number of thiophene rings is 1. The van der Waals surface area contributed by atoms with Crippen LogP contribution >= 0.6 is 27.3 Å². The Hall–Kier alpha value is 0.1000. The molecule has 0 radical (unpaired) electrons. The molecule has 0 spiro atoms. The van der Waals surface area contributed by atoms with Crippen LogP contribution < -0.4 is 5.32 Å². The summed E-state index contributed by atoms with van der Waals surface area (Å²) in [5.41, 5.74) is 0. The lowest BCUT2D eigenvalue weighted by Gasteiger charge is -2.17. The van der Waals surface area contributed by atoms with Crippen LogP contribution in [-0.2, 0) is 4.74 Å². The minimum Gasteiger partial charge on any atom is -0.372 e. The van der Waals surface area contributed by atoms with Gasteiger partial charge in [0.2, 0.25) is 0 Å². The van der Waals surface area contributed by atoms with E-state index in [2.05, 4.69) is 32.7 Å². The molecule has 1 aliphatic carbocycles. The summed E-state index contributed by atoms with van der Waals surface area (Å²) in [6, 6.07) is 3.00. The lowest BCUT2D eigenvalue weighted by atomic mass is 10.0. The Bertz CT molecular complexity index is 364. The second-order valence-corrected chi connectivity index (χ2v) is 6.55. The monoisotopic (exact) mass is 301 g/mol. The first-order valence-electron chi connectivity index (χ1n) is 5.92. The summed E-state index contributed by atoms with van der Waals surface area (Å²) in [7, 11) is 0. The van der Waals surface area contributed by atoms with Crippen molar-refractivity contribution in [3.63, 3.8) is 0 Å². The molecule has 1 saturated carbocycles. The van der Waals surface area contributed by atoms with E-state index in [4.69, 9.17) is 4.74 Å². The first-order chi connectivity index (χ1) is 7.83. The van der Waals surface area contributed by atoms with Gasteiger partial charge in [0.1, 0.15) is 0 Å². The third-order valence-corrected chi connectivity index (χ3v) is 5.08. The molecule has 2 aliphatic rings. The van der Waals surface area contributed by atoms with Crippen molar-refractivity contribution in [3.05, 3.63) is 20.8 Å². The molecule has 0 amide bonds. The maximum absolute atomic E-state index is 5.87. The number of hydrogen-bond donors (Lipinski definition) is 1. The Labute approximate surface area is 109 Å². The molecule has 4 heteroatoms. The van der Waals surface area contributed by atoms with Gasteiger partial charge in [-0.3, -0.25) is 0 Å². The maximum atomic E-state index is 5.87. The second kappa shape index (κ2) is 4.77. The van der Waals surface area contributed by atoms with Crippen molar-refractivity contribution >= 4 is 27.3 Å². The zero-order valence-electron chi connectivity index (χ0n) is 9.12. The highest BCUT2D eigenvalue weighted by atomic mass is 79.9. The summed E-state index contributed by atoms with van der Waals surface area (Å²) in [4.78, 5) is 1.37. The number of ether oxygens (including phenoxy) is 1. The van der Waals surface area contributed by atoms with Crippen molar-refractivity contribution in [2.75, 3.05) is 13.2 Å². The summed E-state index contributed by atoms with van der Waals surface area (Å²) in [6.45, 7) is 2.03. The van der Waals surface area contributed by atoms with E-state index < -0.39 is 0 Å². The lowest BCUT2D eigenvalue weighted by molar-refractivity contribution is 0.0932. The topological polar surface area (TPSA) is 21.3 Å². The van der Waals surface area contributed by atoms with Crippen LogP contribution in [0.5, 0.6) is 0 Å². The highest BCUT2D eigenvalue weighted by Crippen LogP contribution is 2.38. The van der Waals surface area contributed by atoms with Crippen LogP contribution in [0.25, 0.3) is 0 Å². The van der Waals surface area contributed by atoms with Crippen LogP contribution in [0.15, 0.2) is 15.9 Å². The molecular formula is C12H16BrNOS. The molecule has 2 heterocycles. The van der Waals surface area contributed by atoms with Gasteiger partial charge in [0.15, 0.2) is 0 Å². The van der Waals surface area contributed by atoms with Gasteiger partial charge < -0.3 is 10.1 Å². The van der Waals surface area contributed by atoms with Crippen molar-refractivity contribution in [2.24, 2.45) is 5.92 Å². The molecule has 0 bridgehead atoms. The van der Waals surface area contributed by atoms with Crippen LogP contribution in [0.1, 0.15) is 30.2 Å². The first kappa shape index (κ1) is 11.2. The molecule has 88 valence electrons. The van der Waals surface area contributed by atoms with Gasteiger partial charge in [-0.2, -0.15) is 0 Å². The fourth-order valence-electron chi connectivity index (χ4n) is 2.24. The summed E-state index contributed by atoms with van der Waals surface area (Å²) in [5.74, 6) is 0.658. The molecule has 1 N–H and O–H groups in total. The second-order valence-electron chi connectivity index (χ2n) is 4.69. The fourth-order valence-corrected chi connectivity index (χ4v) is 3.83. The van der Waals surface area contributed by atoms with Crippen molar-refractivity contribution < 1.29 is 4.74 Å². The Morgan fingerprint density at radius 3 is 3.00 bits per heavy atom. The molecule has 2 nitrogen and oxygen atoms in total. The molecule has 2 unspecified atom stereocenters. The van der Waals surface area contributed by atoms with E-state index in [1.807, 2.05) is 0 Å². The van der Waals surface area contributed by atoms with Gasteiger partial charge in [-0.25, -0.2) is 0 Å². The third kappa shape index (κ3) is 2.50. The molecule has 2 fully saturated rings. The van der Waals surface area contributed by atoms with Gasteiger partial charge in [0.05, 0.1) is 6.10 Å². The summed E-state index contributed by atoms with van der Waals surface area (Å²) >= 11 is 5.31. The summed E-state index contributed by atoms with van der Waals surface area (Å²) in [6.07, 6.45) is 4.24. The predicted octanol–water partition coefficient (Wildman–Crippen LogP) is 3.34. The molecule has 3 rings (SSSR count). The highest BCUT2D eigenvalue weighted by Gasteiger charge is 2.32. The van der Waals surface area contributed by atoms with Gasteiger partial charge >= 0.3 is 0 Å². The quantitative estimate of drug-likeness (QED) is 0.921. The van der Waals surface area contributed by atoms with E-state index in [0.29, 0.717) is 12.0 Å². The zero-order valence-corrected chi connectivity index (χ0v) is 11.5. The Morgan fingerprint density at radius 1 is 1.44 bits per heavy atom. The van der Waals surface area contributed by atoms with Gasteiger partial charge in [0.25, 0.3) is 0 Å². The van der Waals surface area contributed by atoms with E-state index in [1.54, 1.807) is 11.3 Å². The molecule has 1 aromatic rings. The molecular weight excluding hydrogens is 286 g/mol. The number of hydrogen-bond acceptors (Lipinski definition) is 3. The Kier molecular flexibility index (Phi) is 3.34. The smallest absolute Gasteiger partial charge is 0.0958 e. The molecule has 2 atom stereocenters. The van der Waals surface area contributed by atoms with Gasteiger partial charge in [0, 0.05) is 39.8 Å². The van der Waals surface area contributed by atoms with Crippen molar-refractivity contribution in [1.82, 2.24) is 5.32 Å². The van der Waals surface area contributed by atoms with Crippen molar-refractivity contribution in [3.8, 4) is 0 Å². The number of nitrogens with one attached hydrogen (secondary N) is 1. The van der Waals surface area contributed by atoms with Crippen molar-refractivity contribution in [2.45, 2.75) is 31.4 Å². The van der Waals surface area contributed by atoms with Gasteiger partial charge in [-0.15, -0.1) is 11.3 Å². The normalized spacial score (nSPS) is 29.8. The number of rotatable bonds is 4. The molecule has 1 aliphatic heterocycles. The van der Waals surface area contributed by atoms with E-state index in [9.17, 15) is 0 Å². The summed E-state index contributed by atoms with van der Waals surface area (Å²) in [5, 5.41) is 5.76. The van der Waals surface area contributed by atoms with E-state index in [-0.39, 0.29) is 0 Å². The molecule has 16 heavy (non-hydrogen) atoms. The molecule has 1 aromatic heterocycles. The number of halogens is 1. The largest absolute Gasteiger partial charge is 0.372 e. The average molecular weight is 302 g/mol. The highest BCUT2D eigenvalue weighted by molar-refractivity contribution is 9.10. The third-order valence-electron chi connectivity index (χ3n) is 3.33. The van der Waals surface area contributed by atoms with Crippen LogP contribution in [0.3, 0.4) is 0 Å². The Morgan fingerprint density at radius 2 is 2.31 bits per heavy atom. The minimum absolute atomic E-state index is 0.322. The Balaban J connectivity index is 1.63. The summed E-state index contributed by atoms with van der Waals surface area (Å²) < 4.78 is 7.04. The van der Waals surface area contributed by atoms with Crippen molar-refractivity contribution in [1.29, 1.82) is 0 Å². The van der Waals surface area contributed by atoms with Gasteiger partial charge in [-0.05, 0) is 41.3 Å². The maximum Gasteiger partial charge on any atom is 0.0958 e. The molecule has 1 saturated heterocycles. The zero-order chi connectivity index (χ0) is 11.0. The molecule has 0 aromatic carbocycles. The lowest BCUT2D eigenvalue weighted by Crippen LogP contribution is -2.26. The van der Waals surface area contributed by atoms with E-state index >= 15 is 0 Å². The SMILES string of the molecule is Brc1csc(C2OCCC2CNC2CC2)c1.